The molecule has 0 saturated carbocycles. The van der Waals surface area contributed by atoms with Crippen LogP contribution in [0.4, 0.5) is 5.82 Å². The van der Waals surface area contributed by atoms with Gasteiger partial charge in [0.2, 0.25) is 0 Å². The van der Waals surface area contributed by atoms with Gasteiger partial charge in [-0.15, -0.1) is 0 Å². The molecule has 0 spiro atoms. The van der Waals surface area contributed by atoms with Gasteiger partial charge in [0.05, 0.1) is 5.69 Å². The highest BCUT2D eigenvalue weighted by Crippen LogP contribution is 2.18. The zero-order valence-electron chi connectivity index (χ0n) is 9.91. The van der Waals surface area contributed by atoms with Crippen molar-refractivity contribution in [1.82, 2.24) is 19.4 Å². The molecular weight excluding hydrogens is 262 g/mol. The Hall–Kier alpha value is -2.28. The second kappa shape index (κ2) is 4.77. The molecule has 0 fully saturated rings. The molecule has 0 unspecified atom stereocenters. The minimum Gasteiger partial charge on any atom is -0.383 e. The molecule has 3 aromatic rings. The molecule has 0 radical (unpaired) electrons. The quantitative estimate of drug-likeness (QED) is 0.554. The van der Waals surface area contributed by atoms with Gasteiger partial charge in [-0.1, -0.05) is 17.8 Å². The van der Waals surface area contributed by atoms with Crippen LogP contribution in [0.25, 0.3) is 5.65 Å². The molecule has 7 heteroatoms. The van der Waals surface area contributed by atoms with Gasteiger partial charge in [-0.3, -0.25) is 4.79 Å². The maximum absolute atomic E-state index is 11.3. The van der Waals surface area contributed by atoms with Crippen molar-refractivity contribution < 1.29 is 0 Å². The number of aromatic amines is 1. The maximum Gasteiger partial charge on any atom is 0.253 e. The van der Waals surface area contributed by atoms with Gasteiger partial charge in [-0.25, -0.2) is 9.97 Å². The largest absolute Gasteiger partial charge is 0.383 e. The molecule has 96 valence electrons. The Morgan fingerprint density at radius 1 is 1.37 bits per heavy atom. The normalized spacial score (nSPS) is 10.9. The van der Waals surface area contributed by atoms with Crippen molar-refractivity contribution in [2.75, 3.05) is 5.73 Å². The first-order chi connectivity index (χ1) is 9.20. The Morgan fingerprint density at radius 2 is 2.26 bits per heavy atom. The molecule has 3 aromatic heterocycles. The lowest BCUT2D eigenvalue weighted by Crippen LogP contribution is -2.09. The van der Waals surface area contributed by atoms with E-state index in [1.165, 1.54) is 17.8 Å². The van der Waals surface area contributed by atoms with E-state index >= 15 is 0 Å². The highest BCUT2D eigenvalue weighted by molar-refractivity contribution is 7.98. The lowest BCUT2D eigenvalue weighted by Gasteiger charge is -1.98. The number of rotatable bonds is 3. The highest BCUT2D eigenvalue weighted by atomic mass is 32.2. The summed E-state index contributed by atoms with van der Waals surface area (Å²) in [5, 5.41) is 0.502. The van der Waals surface area contributed by atoms with Gasteiger partial charge in [-0.05, 0) is 12.1 Å². The molecule has 0 aliphatic rings. The number of aromatic nitrogens is 4. The Labute approximate surface area is 112 Å². The summed E-state index contributed by atoms with van der Waals surface area (Å²) in [5.41, 5.74) is 7.09. The van der Waals surface area contributed by atoms with E-state index in [0.717, 1.165) is 11.3 Å². The average molecular weight is 273 g/mol. The summed E-state index contributed by atoms with van der Waals surface area (Å²) >= 11 is 1.39. The van der Waals surface area contributed by atoms with Gasteiger partial charge in [0, 0.05) is 24.2 Å². The molecular formula is C12H11N5OS. The molecule has 0 amide bonds. The zero-order chi connectivity index (χ0) is 13.2. The number of pyridine rings is 1. The fraction of sp³-hybridized carbons (Fsp3) is 0.0833. The second-order valence-corrected chi connectivity index (χ2v) is 4.93. The number of nitrogens with one attached hydrogen (secondary N) is 1. The number of nitrogens with zero attached hydrogens (tertiary/aromatic N) is 3. The molecule has 6 nitrogen and oxygen atoms in total. The van der Waals surface area contributed by atoms with Crippen molar-refractivity contribution in [2.24, 2.45) is 0 Å². The third-order valence-electron chi connectivity index (χ3n) is 2.51. The molecule has 0 atom stereocenters. The number of anilines is 1. The lowest BCUT2D eigenvalue weighted by molar-refractivity contribution is 0.944. The zero-order valence-corrected chi connectivity index (χ0v) is 10.7. The Balaban J connectivity index is 1.80. The van der Waals surface area contributed by atoms with E-state index in [9.17, 15) is 4.79 Å². The van der Waals surface area contributed by atoms with Crippen LogP contribution in [0, 0.1) is 0 Å². The standard InChI is InChI=1S/C12H11N5OS/c13-9-5-11(18)16-12(15-9)19-7-8-6-17-4-2-1-3-10(17)14-8/h1-6H,7H2,(H3,13,15,16,18). The van der Waals surface area contributed by atoms with E-state index in [4.69, 9.17) is 5.73 Å². The van der Waals surface area contributed by atoms with Crippen LogP contribution in [0.2, 0.25) is 0 Å². The summed E-state index contributed by atoms with van der Waals surface area (Å²) in [4.78, 5) is 22.4. The Morgan fingerprint density at radius 3 is 3.05 bits per heavy atom. The van der Waals surface area contributed by atoms with Crippen molar-refractivity contribution in [3.05, 3.63) is 52.7 Å². The minimum absolute atomic E-state index is 0.223. The summed E-state index contributed by atoms with van der Waals surface area (Å²) in [6.45, 7) is 0. The third-order valence-corrected chi connectivity index (χ3v) is 3.42. The summed E-state index contributed by atoms with van der Waals surface area (Å²) in [6.07, 6.45) is 3.89. The van der Waals surface area contributed by atoms with E-state index in [1.807, 2.05) is 35.0 Å². The Bertz CT molecular complexity index is 746. The number of nitrogen functional groups attached to an aromatic ring is 1. The fourth-order valence-corrected chi connectivity index (χ4v) is 2.49. The van der Waals surface area contributed by atoms with Crippen molar-refractivity contribution in [3.8, 4) is 0 Å². The molecule has 0 aliphatic heterocycles. The predicted octanol–water partition coefficient (Wildman–Crippen LogP) is 1.29. The third kappa shape index (κ3) is 2.60. The minimum atomic E-state index is -0.245. The van der Waals surface area contributed by atoms with Crippen LogP contribution in [0.15, 0.2) is 46.6 Å². The topological polar surface area (TPSA) is 89.1 Å². The number of hydrogen-bond acceptors (Lipinski definition) is 5. The van der Waals surface area contributed by atoms with Crippen molar-refractivity contribution >= 4 is 23.2 Å². The smallest absolute Gasteiger partial charge is 0.253 e. The molecule has 3 N–H and O–H groups in total. The van der Waals surface area contributed by atoms with Gasteiger partial charge >= 0.3 is 0 Å². The number of hydrogen-bond donors (Lipinski definition) is 2. The lowest BCUT2D eigenvalue weighted by atomic mass is 10.5. The molecule has 19 heavy (non-hydrogen) atoms. The van der Waals surface area contributed by atoms with Crippen LogP contribution in [0.1, 0.15) is 5.69 Å². The maximum atomic E-state index is 11.3. The monoisotopic (exact) mass is 273 g/mol. The molecule has 0 saturated heterocycles. The number of thioether (sulfide) groups is 1. The molecule has 3 heterocycles. The Kier molecular flexibility index (Phi) is 2.96. The van der Waals surface area contributed by atoms with Crippen LogP contribution in [-0.4, -0.2) is 19.4 Å². The number of H-pyrrole nitrogens is 1. The number of imidazole rings is 1. The van der Waals surface area contributed by atoms with Gasteiger partial charge in [0.15, 0.2) is 5.16 Å². The van der Waals surface area contributed by atoms with Gasteiger partial charge in [-0.2, -0.15) is 0 Å². The van der Waals surface area contributed by atoms with Crippen molar-refractivity contribution in [3.63, 3.8) is 0 Å². The van der Waals surface area contributed by atoms with Crippen molar-refractivity contribution in [2.45, 2.75) is 10.9 Å². The second-order valence-electron chi connectivity index (χ2n) is 3.96. The van der Waals surface area contributed by atoms with E-state index in [0.29, 0.717) is 10.9 Å². The van der Waals surface area contributed by atoms with Gasteiger partial charge in [0.1, 0.15) is 11.5 Å². The SMILES string of the molecule is Nc1cc(=O)[nH]c(SCc2cn3ccccc3n2)n1. The molecule has 0 bridgehead atoms. The summed E-state index contributed by atoms with van der Waals surface area (Å²) in [5.74, 6) is 0.843. The van der Waals surface area contributed by atoms with Gasteiger partial charge in [0.25, 0.3) is 5.56 Å². The average Bonchev–Trinajstić information content (AvgIpc) is 2.78. The van der Waals surface area contributed by atoms with Crippen LogP contribution in [0.5, 0.6) is 0 Å². The highest BCUT2D eigenvalue weighted by Gasteiger charge is 2.04. The van der Waals surface area contributed by atoms with Crippen LogP contribution >= 0.6 is 11.8 Å². The van der Waals surface area contributed by atoms with Crippen molar-refractivity contribution in [1.29, 1.82) is 0 Å². The first kappa shape index (κ1) is 11.8. The number of nitrogens with two attached hydrogens (primary N) is 1. The number of fused-ring (bicyclic) bond motifs is 1. The first-order valence-electron chi connectivity index (χ1n) is 5.63. The summed E-state index contributed by atoms with van der Waals surface area (Å²) in [6, 6.07) is 7.09. The van der Waals surface area contributed by atoms with Crippen LogP contribution < -0.4 is 11.3 Å². The predicted molar refractivity (Wildman–Crippen MR) is 74.0 cm³/mol. The summed E-state index contributed by atoms with van der Waals surface area (Å²) < 4.78 is 1.95. The first-order valence-corrected chi connectivity index (χ1v) is 6.61. The van der Waals surface area contributed by atoms with E-state index in [-0.39, 0.29) is 11.4 Å². The molecule has 3 rings (SSSR count). The van der Waals surface area contributed by atoms with E-state index < -0.39 is 0 Å². The molecule has 0 aromatic carbocycles. The summed E-state index contributed by atoms with van der Waals surface area (Å²) in [7, 11) is 0. The molecule has 0 aliphatic carbocycles. The fourth-order valence-electron chi connectivity index (χ4n) is 1.72. The van der Waals surface area contributed by atoms with E-state index in [1.54, 1.807) is 0 Å². The van der Waals surface area contributed by atoms with Gasteiger partial charge < -0.3 is 15.1 Å². The van der Waals surface area contributed by atoms with E-state index in [2.05, 4.69) is 15.0 Å². The van der Waals surface area contributed by atoms with Crippen LogP contribution in [0.3, 0.4) is 0 Å². The van der Waals surface area contributed by atoms with Crippen LogP contribution in [-0.2, 0) is 5.75 Å².